The Bertz CT molecular complexity index is 270. The molecule has 3 aliphatic carbocycles. The summed E-state index contributed by atoms with van der Waals surface area (Å²) in [6, 6.07) is 0. The molecule has 0 radical (unpaired) electrons. The minimum absolute atomic E-state index is 0.0658. The van der Waals surface area contributed by atoms with E-state index in [0.717, 1.165) is 23.7 Å². The van der Waals surface area contributed by atoms with E-state index in [1.165, 1.54) is 51.4 Å². The molecule has 0 aromatic rings. The van der Waals surface area contributed by atoms with Crippen LogP contribution >= 0.6 is 0 Å². The molecule has 4 atom stereocenters. The fourth-order valence-electron chi connectivity index (χ4n) is 4.56. The summed E-state index contributed by atoms with van der Waals surface area (Å²) in [7, 11) is 0. The maximum absolute atomic E-state index is 9.80. The van der Waals surface area contributed by atoms with Gasteiger partial charge >= 0.3 is 0 Å². The summed E-state index contributed by atoms with van der Waals surface area (Å²) in [4.78, 5) is 0. The Kier molecular flexibility index (Phi) is 3.20. The molecule has 0 saturated heterocycles. The largest absolute Gasteiger partial charge is 0.396 e. The van der Waals surface area contributed by atoms with Gasteiger partial charge in [0.25, 0.3) is 0 Å². The summed E-state index contributed by atoms with van der Waals surface area (Å²) >= 11 is 0. The third-order valence-corrected chi connectivity index (χ3v) is 5.77. The highest BCUT2D eigenvalue weighted by atomic mass is 16.3. The first-order valence-corrected chi connectivity index (χ1v) is 7.55. The second-order valence-corrected chi connectivity index (χ2v) is 7.15. The van der Waals surface area contributed by atoms with Crippen molar-refractivity contribution in [1.29, 1.82) is 0 Å². The lowest BCUT2D eigenvalue weighted by Crippen LogP contribution is -2.37. The number of nitrogens with two attached hydrogens (primary N) is 1. The van der Waals surface area contributed by atoms with E-state index in [4.69, 9.17) is 5.73 Å². The van der Waals surface area contributed by atoms with Gasteiger partial charge in [-0.05, 0) is 55.8 Å². The van der Waals surface area contributed by atoms with Gasteiger partial charge in [0.2, 0.25) is 0 Å². The van der Waals surface area contributed by atoms with E-state index in [1.807, 2.05) is 0 Å². The minimum Gasteiger partial charge on any atom is -0.396 e. The second kappa shape index (κ2) is 4.55. The molecule has 0 aromatic carbocycles. The monoisotopic (exact) mass is 237 g/mol. The van der Waals surface area contributed by atoms with Crippen molar-refractivity contribution in [2.45, 2.75) is 51.4 Å². The van der Waals surface area contributed by atoms with Crippen molar-refractivity contribution >= 4 is 0 Å². The zero-order valence-corrected chi connectivity index (χ0v) is 10.9. The van der Waals surface area contributed by atoms with Gasteiger partial charge < -0.3 is 10.8 Å². The van der Waals surface area contributed by atoms with Crippen LogP contribution in [-0.2, 0) is 0 Å². The van der Waals surface area contributed by atoms with E-state index in [0.29, 0.717) is 13.2 Å². The molecule has 0 aromatic heterocycles. The summed E-state index contributed by atoms with van der Waals surface area (Å²) in [5, 5.41) is 9.80. The average Bonchev–Trinajstić information content (AvgIpc) is 2.91. The maximum Gasteiger partial charge on any atom is 0.0499 e. The number of fused-ring (bicyclic) bond motifs is 2. The highest BCUT2D eigenvalue weighted by Crippen LogP contribution is 2.53. The third kappa shape index (κ3) is 2.39. The predicted molar refractivity (Wildman–Crippen MR) is 69.5 cm³/mol. The molecule has 98 valence electrons. The van der Waals surface area contributed by atoms with Crippen molar-refractivity contribution in [2.75, 3.05) is 13.2 Å². The molecule has 2 bridgehead atoms. The van der Waals surface area contributed by atoms with Crippen LogP contribution in [0.3, 0.4) is 0 Å². The highest BCUT2D eigenvalue weighted by Gasteiger charge is 2.44. The molecule has 17 heavy (non-hydrogen) atoms. The summed E-state index contributed by atoms with van der Waals surface area (Å²) < 4.78 is 0. The summed E-state index contributed by atoms with van der Waals surface area (Å²) in [6.45, 7) is 1.00. The Morgan fingerprint density at radius 3 is 2.35 bits per heavy atom. The first-order chi connectivity index (χ1) is 8.24. The predicted octanol–water partition coefficient (Wildman–Crippen LogP) is 2.55. The highest BCUT2D eigenvalue weighted by molar-refractivity contribution is 4.96. The Hall–Kier alpha value is -0.0800. The number of hydrogen-bond donors (Lipinski definition) is 2. The molecular formula is C15H27NO. The quantitative estimate of drug-likeness (QED) is 0.746. The minimum atomic E-state index is 0.0658. The van der Waals surface area contributed by atoms with Crippen LogP contribution in [-0.4, -0.2) is 18.3 Å². The van der Waals surface area contributed by atoms with E-state index in [1.54, 1.807) is 0 Å². The molecule has 0 spiro atoms. The van der Waals surface area contributed by atoms with Crippen LogP contribution in [0, 0.1) is 29.1 Å². The van der Waals surface area contributed by atoms with Crippen LogP contribution in [0.1, 0.15) is 51.4 Å². The van der Waals surface area contributed by atoms with Gasteiger partial charge in [-0.3, -0.25) is 0 Å². The molecule has 4 unspecified atom stereocenters. The number of rotatable bonds is 6. The number of aliphatic hydroxyl groups excluding tert-OH is 1. The molecule has 2 heteroatoms. The number of aliphatic hydroxyl groups is 1. The molecule has 3 saturated carbocycles. The van der Waals surface area contributed by atoms with E-state index < -0.39 is 0 Å². The first-order valence-electron chi connectivity index (χ1n) is 7.55. The Labute approximate surface area is 105 Å². The standard InChI is InChI=1S/C15H27NO/c16-9-15(10-17,7-11-1-2-11)8-14-6-12-3-4-13(14)5-12/h11-14,17H,1-10,16H2. The van der Waals surface area contributed by atoms with Gasteiger partial charge in [0, 0.05) is 18.6 Å². The SMILES string of the molecule is NCC(CO)(CC1CC1)CC1CC2CCC1C2. The summed E-state index contributed by atoms with van der Waals surface area (Å²) in [5.41, 5.74) is 6.08. The summed E-state index contributed by atoms with van der Waals surface area (Å²) in [6.07, 6.45) is 11.0. The van der Waals surface area contributed by atoms with Crippen molar-refractivity contribution in [3.05, 3.63) is 0 Å². The van der Waals surface area contributed by atoms with Gasteiger partial charge in [-0.1, -0.05) is 19.3 Å². The smallest absolute Gasteiger partial charge is 0.0499 e. The van der Waals surface area contributed by atoms with E-state index in [2.05, 4.69) is 0 Å². The molecule has 3 rings (SSSR count). The lowest BCUT2D eigenvalue weighted by atomic mass is 9.71. The molecule has 0 amide bonds. The molecule has 0 aliphatic heterocycles. The van der Waals surface area contributed by atoms with Crippen LogP contribution < -0.4 is 5.73 Å². The maximum atomic E-state index is 9.80. The molecular weight excluding hydrogens is 210 g/mol. The molecule has 0 heterocycles. The van der Waals surface area contributed by atoms with Crippen molar-refractivity contribution in [3.8, 4) is 0 Å². The van der Waals surface area contributed by atoms with Gasteiger partial charge in [0.05, 0.1) is 0 Å². The van der Waals surface area contributed by atoms with Crippen LogP contribution in [0.15, 0.2) is 0 Å². The average molecular weight is 237 g/mol. The van der Waals surface area contributed by atoms with Gasteiger partial charge in [0.1, 0.15) is 0 Å². The fraction of sp³-hybridized carbons (Fsp3) is 1.00. The van der Waals surface area contributed by atoms with Crippen molar-refractivity contribution in [1.82, 2.24) is 0 Å². The van der Waals surface area contributed by atoms with Crippen molar-refractivity contribution in [3.63, 3.8) is 0 Å². The van der Waals surface area contributed by atoms with Gasteiger partial charge in [-0.25, -0.2) is 0 Å². The first kappa shape index (κ1) is 12.0. The summed E-state index contributed by atoms with van der Waals surface area (Å²) in [5.74, 6) is 3.74. The van der Waals surface area contributed by atoms with E-state index in [9.17, 15) is 5.11 Å². The second-order valence-electron chi connectivity index (χ2n) is 7.15. The van der Waals surface area contributed by atoms with E-state index >= 15 is 0 Å². The van der Waals surface area contributed by atoms with Crippen molar-refractivity contribution in [2.24, 2.45) is 34.8 Å². The molecule has 3 aliphatic rings. The van der Waals surface area contributed by atoms with Crippen LogP contribution in [0.4, 0.5) is 0 Å². The van der Waals surface area contributed by atoms with Crippen molar-refractivity contribution < 1.29 is 5.11 Å². The Morgan fingerprint density at radius 2 is 1.88 bits per heavy atom. The zero-order chi connectivity index (χ0) is 11.9. The third-order valence-electron chi connectivity index (χ3n) is 5.77. The Balaban J connectivity index is 1.62. The van der Waals surface area contributed by atoms with Crippen LogP contribution in [0.25, 0.3) is 0 Å². The van der Waals surface area contributed by atoms with E-state index in [-0.39, 0.29) is 5.41 Å². The van der Waals surface area contributed by atoms with Gasteiger partial charge in [-0.15, -0.1) is 0 Å². The molecule has 3 N–H and O–H groups in total. The normalized spacial score (nSPS) is 39.5. The van der Waals surface area contributed by atoms with Crippen LogP contribution in [0.5, 0.6) is 0 Å². The fourth-order valence-corrected chi connectivity index (χ4v) is 4.56. The zero-order valence-electron chi connectivity index (χ0n) is 10.9. The number of hydrogen-bond acceptors (Lipinski definition) is 2. The molecule has 3 fully saturated rings. The van der Waals surface area contributed by atoms with Gasteiger partial charge in [0.15, 0.2) is 0 Å². The lowest BCUT2D eigenvalue weighted by Gasteiger charge is -2.36. The Morgan fingerprint density at radius 1 is 1.06 bits per heavy atom. The molecule has 2 nitrogen and oxygen atoms in total. The topological polar surface area (TPSA) is 46.2 Å². The van der Waals surface area contributed by atoms with Crippen LogP contribution in [0.2, 0.25) is 0 Å². The van der Waals surface area contributed by atoms with Gasteiger partial charge in [-0.2, -0.15) is 0 Å². The lowest BCUT2D eigenvalue weighted by molar-refractivity contribution is 0.0749.